The van der Waals surface area contributed by atoms with E-state index in [4.69, 9.17) is 14.6 Å². The molecule has 126 valence electrons. The third-order valence-electron chi connectivity index (χ3n) is 3.85. The van der Waals surface area contributed by atoms with Crippen LogP contribution in [-0.4, -0.2) is 16.7 Å². The van der Waals surface area contributed by atoms with Gasteiger partial charge in [0.2, 0.25) is 0 Å². The molecule has 1 N–H and O–H groups in total. The van der Waals surface area contributed by atoms with Crippen molar-refractivity contribution in [1.82, 2.24) is 0 Å². The minimum atomic E-state index is -0.897. The molecule has 0 aromatic heterocycles. The molecule has 1 aliphatic heterocycles. The van der Waals surface area contributed by atoms with Gasteiger partial charge in [0.25, 0.3) is 0 Å². The Morgan fingerprint density at radius 1 is 1.33 bits per heavy atom. The first-order valence-electron chi connectivity index (χ1n) is 7.76. The van der Waals surface area contributed by atoms with Gasteiger partial charge in [-0.3, -0.25) is 4.79 Å². The maximum Gasteiger partial charge on any atom is 0.307 e. The van der Waals surface area contributed by atoms with Gasteiger partial charge in [0.1, 0.15) is 29.5 Å². The highest BCUT2D eigenvalue weighted by molar-refractivity contribution is 5.70. The second-order valence-electron chi connectivity index (χ2n) is 6.60. The van der Waals surface area contributed by atoms with Crippen LogP contribution in [0.1, 0.15) is 30.5 Å². The van der Waals surface area contributed by atoms with Gasteiger partial charge in [-0.1, -0.05) is 12.1 Å². The zero-order chi connectivity index (χ0) is 17.3. The molecule has 0 aliphatic carbocycles. The van der Waals surface area contributed by atoms with E-state index in [9.17, 15) is 9.18 Å². The number of hydrogen-bond donors (Lipinski definition) is 1. The van der Waals surface area contributed by atoms with Gasteiger partial charge in [-0.25, -0.2) is 4.39 Å². The van der Waals surface area contributed by atoms with E-state index in [1.54, 1.807) is 24.3 Å². The van der Waals surface area contributed by atoms with Crippen molar-refractivity contribution >= 4 is 5.97 Å². The van der Waals surface area contributed by atoms with Crippen molar-refractivity contribution in [2.45, 2.75) is 38.9 Å². The summed E-state index contributed by atoms with van der Waals surface area (Å²) in [5.41, 5.74) is 1.80. The van der Waals surface area contributed by atoms with Crippen LogP contribution in [0.25, 0.3) is 0 Å². The van der Waals surface area contributed by atoms with E-state index in [2.05, 4.69) is 0 Å². The molecule has 1 heterocycles. The molecule has 5 heteroatoms. The van der Waals surface area contributed by atoms with E-state index in [0.29, 0.717) is 29.0 Å². The Hall–Kier alpha value is -2.56. The highest BCUT2D eigenvalue weighted by Gasteiger charge is 2.32. The molecule has 0 bridgehead atoms. The van der Waals surface area contributed by atoms with Crippen LogP contribution in [0.5, 0.6) is 11.5 Å². The van der Waals surface area contributed by atoms with Crippen molar-refractivity contribution in [2.75, 3.05) is 0 Å². The van der Waals surface area contributed by atoms with Crippen LogP contribution in [0.3, 0.4) is 0 Å². The SMILES string of the molecule is CC1(C)Cc2cc(F)cc(COc3cccc(CC(=O)O)c3)c2O1. The van der Waals surface area contributed by atoms with Gasteiger partial charge in [-0.15, -0.1) is 0 Å². The summed E-state index contributed by atoms with van der Waals surface area (Å²) in [4.78, 5) is 10.8. The van der Waals surface area contributed by atoms with Gasteiger partial charge in [-0.2, -0.15) is 0 Å². The van der Waals surface area contributed by atoms with Crippen molar-refractivity contribution in [1.29, 1.82) is 0 Å². The summed E-state index contributed by atoms with van der Waals surface area (Å²) in [6.45, 7) is 4.09. The lowest BCUT2D eigenvalue weighted by molar-refractivity contribution is -0.136. The fourth-order valence-electron chi connectivity index (χ4n) is 2.93. The van der Waals surface area contributed by atoms with Gasteiger partial charge in [0.15, 0.2) is 0 Å². The Morgan fingerprint density at radius 3 is 2.88 bits per heavy atom. The largest absolute Gasteiger partial charge is 0.489 e. The Balaban J connectivity index is 1.78. The number of fused-ring (bicyclic) bond motifs is 1. The van der Waals surface area contributed by atoms with E-state index in [1.165, 1.54) is 12.1 Å². The quantitative estimate of drug-likeness (QED) is 0.907. The maximum atomic E-state index is 13.8. The van der Waals surface area contributed by atoms with Crippen LogP contribution in [-0.2, 0) is 24.2 Å². The first-order valence-corrected chi connectivity index (χ1v) is 7.76. The topological polar surface area (TPSA) is 55.8 Å². The first-order chi connectivity index (χ1) is 11.3. The van der Waals surface area contributed by atoms with Gasteiger partial charge in [0.05, 0.1) is 6.42 Å². The van der Waals surface area contributed by atoms with Gasteiger partial charge in [-0.05, 0) is 43.7 Å². The smallest absolute Gasteiger partial charge is 0.307 e. The molecule has 0 fully saturated rings. The molecule has 0 atom stereocenters. The van der Waals surface area contributed by atoms with E-state index in [1.807, 2.05) is 13.8 Å². The second-order valence-corrected chi connectivity index (χ2v) is 6.60. The average molecular weight is 330 g/mol. The van der Waals surface area contributed by atoms with Crippen LogP contribution < -0.4 is 9.47 Å². The number of rotatable bonds is 5. The lowest BCUT2D eigenvalue weighted by Gasteiger charge is -2.18. The summed E-state index contributed by atoms with van der Waals surface area (Å²) in [6, 6.07) is 9.81. The van der Waals surface area contributed by atoms with Gasteiger partial charge < -0.3 is 14.6 Å². The summed E-state index contributed by atoms with van der Waals surface area (Å²) in [5, 5.41) is 8.85. The monoisotopic (exact) mass is 330 g/mol. The first kappa shape index (κ1) is 16.3. The van der Waals surface area contributed by atoms with Crippen LogP contribution in [0.15, 0.2) is 36.4 Å². The van der Waals surface area contributed by atoms with E-state index < -0.39 is 5.97 Å². The number of ether oxygens (including phenoxy) is 2. The van der Waals surface area contributed by atoms with Crippen molar-refractivity contribution in [3.63, 3.8) is 0 Å². The Labute approximate surface area is 139 Å². The molecular formula is C19H19FO4. The van der Waals surface area contributed by atoms with Crippen LogP contribution in [0.2, 0.25) is 0 Å². The van der Waals surface area contributed by atoms with Gasteiger partial charge >= 0.3 is 5.97 Å². The highest BCUT2D eigenvalue weighted by Crippen LogP contribution is 2.38. The molecule has 1 aliphatic rings. The summed E-state index contributed by atoms with van der Waals surface area (Å²) in [7, 11) is 0. The maximum absolute atomic E-state index is 13.8. The predicted molar refractivity (Wildman–Crippen MR) is 86.9 cm³/mol. The van der Waals surface area contributed by atoms with Crippen molar-refractivity contribution in [3.05, 3.63) is 58.9 Å². The van der Waals surface area contributed by atoms with Crippen LogP contribution in [0.4, 0.5) is 4.39 Å². The van der Waals surface area contributed by atoms with Gasteiger partial charge in [0, 0.05) is 17.5 Å². The summed E-state index contributed by atoms with van der Waals surface area (Å²) < 4.78 is 25.5. The number of carboxylic acid groups (broad SMARTS) is 1. The summed E-state index contributed by atoms with van der Waals surface area (Å²) in [5.74, 6) is 0.0196. The standard InChI is InChI=1S/C19H19FO4/c1-19(2)10-13-8-15(20)9-14(18(13)24-19)11-23-16-5-3-4-12(6-16)7-17(21)22/h3-6,8-9H,7,10-11H2,1-2H3,(H,21,22). The van der Waals surface area contributed by atoms with E-state index in [-0.39, 0.29) is 24.4 Å². The number of halogens is 1. The van der Waals surface area contributed by atoms with Crippen LogP contribution in [0, 0.1) is 5.82 Å². The molecule has 3 rings (SSSR count). The third-order valence-corrected chi connectivity index (χ3v) is 3.85. The zero-order valence-electron chi connectivity index (χ0n) is 13.6. The van der Waals surface area contributed by atoms with Crippen molar-refractivity contribution in [2.24, 2.45) is 0 Å². The molecule has 4 nitrogen and oxygen atoms in total. The Kier molecular flexibility index (Phi) is 4.18. The highest BCUT2D eigenvalue weighted by atomic mass is 19.1. The molecule has 2 aromatic rings. The molecule has 0 spiro atoms. The molecule has 0 saturated heterocycles. The lowest BCUT2D eigenvalue weighted by atomic mass is 10.0. The summed E-state index contributed by atoms with van der Waals surface area (Å²) >= 11 is 0. The molecule has 24 heavy (non-hydrogen) atoms. The molecular weight excluding hydrogens is 311 g/mol. The Bertz CT molecular complexity index is 783. The number of carbonyl (C=O) groups is 1. The number of carboxylic acids is 1. The number of aliphatic carboxylic acids is 1. The Morgan fingerprint density at radius 2 is 2.12 bits per heavy atom. The number of hydrogen-bond acceptors (Lipinski definition) is 3. The molecule has 0 saturated carbocycles. The number of benzene rings is 2. The lowest BCUT2D eigenvalue weighted by Crippen LogP contribution is -2.25. The molecule has 2 aromatic carbocycles. The van der Waals surface area contributed by atoms with E-state index >= 15 is 0 Å². The fraction of sp³-hybridized carbons (Fsp3) is 0.316. The average Bonchev–Trinajstić information content (AvgIpc) is 2.78. The minimum absolute atomic E-state index is 0.0656. The molecule has 0 radical (unpaired) electrons. The normalized spacial score (nSPS) is 14.8. The molecule has 0 unspecified atom stereocenters. The van der Waals surface area contributed by atoms with Crippen molar-refractivity contribution < 1.29 is 23.8 Å². The minimum Gasteiger partial charge on any atom is -0.489 e. The second kappa shape index (κ2) is 6.15. The zero-order valence-corrected chi connectivity index (χ0v) is 13.6. The van der Waals surface area contributed by atoms with Crippen LogP contribution >= 0.6 is 0 Å². The molecule has 0 amide bonds. The van der Waals surface area contributed by atoms with E-state index in [0.717, 1.165) is 5.56 Å². The van der Waals surface area contributed by atoms with Crippen molar-refractivity contribution in [3.8, 4) is 11.5 Å². The third kappa shape index (κ3) is 3.67. The fourth-order valence-corrected chi connectivity index (χ4v) is 2.93. The summed E-state index contributed by atoms with van der Waals surface area (Å²) in [6.07, 6.45) is 0.588. The predicted octanol–water partition coefficient (Wildman–Crippen LogP) is 3.75.